The van der Waals surface area contributed by atoms with Gasteiger partial charge in [-0.25, -0.2) is 0 Å². The molecule has 1 fully saturated rings. The lowest BCUT2D eigenvalue weighted by atomic mass is 10.1. The molecule has 3 aromatic rings. The van der Waals surface area contributed by atoms with Gasteiger partial charge in [-0.3, -0.25) is 4.79 Å². The Morgan fingerprint density at radius 3 is 2.65 bits per heavy atom. The van der Waals surface area contributed by atoms with Gasteiger partial charge in [0.05, 0.1) is 16.4 Å². The first-order valence-corrected chi connectivity index (χ1v) is 11.8. The number of rotatable bonds is 6. The van der Waals surface area contributed by atoms with Crippen LogP contribution in [0, 0.1) is 11.8 Å². The van der Waals surface area contributed by atoms with Crippen molar-refractivity contribution in [2.45, 2.75) is 29.8 Å². The Hall–Kier alpha value is -2.47. The molecule has 1 aliphatic carbocycles. The predicted molar refractivity (Wildman–Crippen MR) is 127 cm³/mol. The van der Waals surface area contributed by atoms with Gasteiger partial charge in [0.15, 0.2) is 5.50 Å². The Labute approximate surface area is 191 Å². The third-order valence-electron chi connectivity index (χ3n) is 5.99. The SMILES string of the molecule is NCc1cccc(Cl)c1N1c2ccccc2SC1NC(=O)C1CC1Cc1ccccc1. The van der Waals surface area contributed by atoms with E-state index in [1.54, 1.807) is 11.8 Å². The number of carbonyl (C=O) groups is 1. The molecule has 3 unspecified atom stereocenters. The number of hydrogen-bond donors (Lipinski definition) is 2. The fourth-order valence-corrected chi connectivity index (χ4v) is 5.79. The fourth-order valence-electron chi connectivity index (χ4n) is 4.32. The molecule has 3 aromatic carbocycles. The van der Waals surface area contributed by atoms with Gasteiger partial charge in [0.25, 0.3) is 0 Å². The van der Waals surface area contributed by atoms with Crippen LogP contribution in [-0.4, -0.2) is 11.4 Å². The summed E-state index contributed by atoms with van der Waals surface area (Å²) in [6.07, 6.45) is 1.88. The van der Waals surface area contributed by atoms with E-state index in [1.807, 2.05) is 36.4 Å². The number of anilines is 2. The van der Waals surface area contributed by atoms with Gasteiger partial charge in [0, 0.05) is 17.4 Å². The summed E-state index contributed by atoms with van der Waals surface area (Å²) in [4.78, 5) is 16.4. The van der Waals surface area contributed by atoms with Crippen LogP contribution in [0.25, 0.3) is 0 Å². The molecular weight excluding hydrogens is 426 g/mol. The number of para-hydroxylation sites is 2. The Morgan fingerprint density at radius 1 is 1.06 bits per heavy atom. The van der Waals surface area contributed by atoms with E-state index in [-0.39, 0.29) is 17.3 Å². The lowest BCUT2D eigenvalue weighted by molar-refractivity contribution is -0.122. The molecule has 2 aliphatic rings. The molecule has 158 valence electrons. The predicted octanol–water partition coefficient (Wildman–Crippen LogP) is 5.32. The molecule has 3 atom stereocenters. The summed E-state index contributed by atoms with van der Waals surface area (Å²) in [6.45, 7) is 0.377. The molecule has 3 N–H and O–H groups in total. The van der Waals surface area contributed by atoms with Crippen molar-refractivity contribution >= 4 is 40.6 Å². The standard InChI is InChI=1S/C25H24ClN3OS/c26-20-10-6-9-17(15-27)23(20)29-21-11-4-5-12-22(21)31-25(29)28-24(30)19-14-18(19)13-16-7-2-1-3-8-16/h1-12,18-19,25H,13-15,27H2,(H,28,30). The number of carbonyl (C=O) groups excluding carboxylic acids is 1. The molecule has 6 heteroatoms. The van der Waals surface area contributed by atoms with Crippen molar-refractivity contribution < 1.29 is 4.79 Å². The zero-order valence-electron chi connectivity index (χ0n) is 17.0. The monoisotopic (exact) mass is 449 g/mol. The van der Waals surface area contributed by atoms with Gasteiger partial charge in [-0.1, -0.05) is 78.0 Å². The van der Waals surface area contributed by atoms with Crippen molar-refractivity contribution in [1.82, 2.24) is 5.32 Å². The minimum absolute atomic E-state index is 0.0617. The van der Waals surface area contributed by atoms with Crippen LogP contribution in [0.1, 0.15) is 17.5 Å². The Balaban J connectivity index is 1.37. The molecule has 0 spiro atoms. The van der Waals surface area contributed by atoms with Crippen molar-refractivity contribution in [1.29, 1.82) is 0 Å². The number of hydrogen-bond acceptors (Lipinski definition) is 4. The largest absolute Gasteiger partial charge is 0.326 e. The molecule has 5 rings (SSSR count). The van der Waals surface area contributed by atoms with Gasteiger partial charge < -0.3 is 16.0 Å². The topological polar surface area (TPSA) is 58.4 Å². The molecular formula is C25H24ClN3OS. The first kappa shape index (κ1) is 20.4. The smallest absolute Gasteiger partial charge is 0.225 e. The van der Waals surface area contributed by atoms with E-state index in [0.29, 0.717) is 17.5 Å². The highest BCUT2D eigenvalue weighted by atomic mass is 35.5. The minimum atomic E-state index is -0.256. The summed E-state index contributed by atoms with van der Waals surface area (Å²) < 4.78 is 0. The van der Waals surface area contributed by atoms with Crippen molar-refractivity contribution in [2.24, 2.45) is 17.6 Å². The van der Waals surface area contributed by atoms with Crippen LogP contribution in [0.2, 0.25) is 5.02 Å². The van der Waals surface area contributed by atoms with E-state index in [2.05, 4.69) is 46.6 Å². The highest BCUT2D eigenvalue weighted by Gasteiger charge is 2.44. The first-order valence-electron chi connectivity index (χ1n) is 10.5. The van der Waals surface area contributed by atoms with Crippen molar-refractivity contribution in [3.05, 3.63) is 88.9 Å². The number of fused-ring (bicyclic) bond motifs is 1. The van der Waals surface area contributed by atoms with Crippen LogP contribution in [0.4, 0.5) is 11.4 Å². The second-order valence-corrected chi connectivity index (χ2v) is 9.59. The molecule has 0 bridgehead atoms. The second kappa shape index (κ2) is 8.58. The van der Waals surface area contributed by atoms with Gasteiger partial charge in [0.1, 0.15) is 0 Å². The maximum Gasteiger partial charge on any atom is 0.225 e. The Bertz CT molecular complexity index is 1110. The second-order valence-electron chi connectivity index (χ2n) is 8.06. The average molecular weight is 450 g/mol. The zero-order chi connectivity index (χ0) is 21.4. The number of halogens is 1. The van der Waals surface area contributed by atoms with Gasteiger partial charge in [0.2, 0.25) is 5.91 Å². The maximum atomic E-state index is 13.1. The van der Waals surface area contributed by atoms with Crippen molar-refractivity contribution in [3.8, 4) is 0 Å². The number of thioether (sulfide) groups is 1. The maximum absolute atomic E-state index is 13.1. The van der Waals surface area contributed by atoms with Crippen LogP contribution < -0.4 is 16.0 Å². The number of nitrogens with two attached hydrogens (primary N) is 1. The van der Waals surface area contributed by atoms with E-state index in [9.17, 15) is 4.79 Å². The van der Waals surface area contributed by atoms with Gasteiger partial charge in [-0.05, 0) is 48.1 Å². The summed E-state index contributed by atoms with van der Waals surface area (Å²) in [6, 6.07) is 24.3. The zero-order valence-corrected chi connectivity index (χ0v) is 18.6. The molecule has 1 heterocycles. The van der Waals surface area contributed by atoms with Crippen LogP contribution in [0.5, 0.6) is 0 Å². The molecule has 0 saturated heterocycles. The highest BCUT2D eigenvalue weighted by molar-refractivity contribution is 8.00. The van der Waals surface area contributed by atoms with Crippen LogP contribution in [-0.2, 0) is 17.8 Å². The number of nitrogens with zero attached hydrogens (tertiary/aromatic N) is 1. The molecule has 31 heavy (non-hydrogen) atoms. The van der Waals surface area contributed by atoms with Gasteiger partial charge in [-0.2, -0.15) is 0 Å². The highest BCUT2D eigenvalue weighted by Crippen LogP contribution is 2.50. The number of nitrogens with one attached hydrogen (secondary N) is 1. The number of benzene rings is 3. The lowest BCUT2D eigenvalue weighted by Gasteiger charge is -2.30. The third-order valence-corrected chi connectivity index (χ3v) is 7.45. The molecule has 0 aromatic heterocycles. The van der Waals surface area contributed by atoms with Crippen LogP contribution >= 0.6 is 23.4 Å². The molecule has 0 radical (unpaired) electrons. The summed E-state index contributed by atoms with van der Waals surface area (Å²) in [5, 5.41) is 3.91. The summed E-state index contributed by atoms with van der Waals surface area (Å²) >= 11 is 8.27. The van der Waals surface area contributed by atoms with Gasteiger partial charge >= 0.3 is 0 Å². The number of amides is 1. The van der Waals surface area contributed by atoms with E-state index < -0.39 is 0 Å². The normalized spacial score (nSPS) is 21.6. The van der Waals surface area contributed by atoms with Crippen LogP contribution in [0.15, 0.2) is 77.7 Å². The average Bonchev–Trinajstić information content (AvgIpc) is 3.47. The molecule has 4 nitrogen and oxygen atoms in total. The third kappa shape index (κ3) is 4.05. The van der Waals surface area contributed by atoms with Crippen molar-refractivity contribution in [3.63, 3.8) is 0 Å². The lowest BCUT2D eigenvalue weighted by Crippen LogP contribution is -2.43. The Kier molecular flexibility index (Phi) is 5.65. The fraction of sp³-hybridized carbons (Fsp3) is 0.240. The molecule has 1 aliphatic heterocycles. The van der Waals surface area contributed by atoms with Crippen molar-refractivity contribution in [2.75, 3.05) is 4.90 Å². The molecule has 1 saturated carbocycles. The minimum Gasteiger partial charge on any atom is -0.326 e. The molecule has 1 amide bonds. The van der Waals surface area contributed by atoms with E-state index >= 15 is 0 Å². The summed E-state index contributed by atoms with van der Waals surface area (Å²) in [7, 11) is 0. The quantitative estimate of drug-likeness (QED) is 0.534. The Morgan fingerprint density at radius 2 is 1.84 bits per heavy atom. The van der Waals surface area contributed by atoms with E-state index in [1.165, 1.54) is 5.56 Å². The summed E-state index contributed by atoms with van der Waals surface area (Å²) in [5.74, 6) is 0.578. The van der Waals surface area contributed by atoms with E-state index in [4.69, 9.17) is 17.3 Å². The first-order chi connectivity index (χ1) is 15.2. The van der Waals surface area contributed by atoms with E-state index in [0.717, 1.165) is 34.7 Å². The summed E-state index contributed by atoms with van der Waals surface area (Å²) in [5.41, 5.74) is 9.92. The van der Waals surface area contributed by atoms with Gasteiger partial charge in [-0.15, -0.1) is 0 Å². The van der Waals surface area contributed by atoms with Crippen LogP contribution in [0.3, 0.4) is 0 Å².